The van der Waals surface area contributed by atoms with Crippen LogP contribution in [0.3, 0.4) is 0 Å². The zero-order valence-corrected chi connectivity index (χ0v) is 16.9. The molecule has 0 bridgehead atoms. The molecule has 0 saturated carbocycles. The van der Waals surface area contributed by atoms with E-state index >= 15 is 0 Å². The van der Waals surface area contributed by atoms with Crippen LogP contribution in [-0.4, -0.2) is 25.3 Å². The molecule has 0 N–H and O–H groups in total. The highest BCUT2D eigenvalue weighted by Gasteiger charge is 2.15. The predicted octanol–water partition coefficient (Wildman–Crippen LogP) is 6.18. The van der Waals surface area contributed by atoms with Gasteiger partial charge in [0.15, 0.2) is 0 Å². The van der Waals surface area contributed by atoms with Crippen molar-refractivity contribution in [2.24, 2.45) is 4.99 Å². The van der Waals surface area contributed by atoms with Crippen molar-refractivity contribution in [2.75, 3.05) is 24.5 Å². The highest BCUT2D eigenvalue weighted by atomic mass is 35.5. The molecular formula is C19H20Cl4N2. The monoisotopic (exact) mass is 416 g/mol. The van der Waals surface area contributed by atoms with Crippen molar-refractivity contribution in [1.82, 2.24) is 0 Å². The molecule has 0 amide bonds. The van der Waals surface area contributed by atoms with Crippen molar-refractivity contribution in [3.05, 3.63) is 69.7 Å². The minimum absolute atomic E-state index is 0. The van der Waals surface area contributed by atoms with Crippen molar-refractivity contribution in [1.29, 1.82) is 0 Å². The van der Waals surface area contributed by atoms with Crippen molar-refractivity contribution in [3.63, 3.8) is 0 Å². The molecule has 1 heterocycles. The Labute approximate surface area is 171 Å². The Morgan fingerprint density at radius 3 is 2.52 bits per heavy atom. The molecule has 0 atom stereocenters. The van der Waals surface area contributed by atoms with Crippen LogP contribution in [0.4, 0.5) is 5.69 Å². The molecule has 134 valence electrons. The number of allylic oxidation sites excluding steroid dienone is 1. The van der Waals surface area contributed by atoms with Crippen LogP contribution >= 0.6 is 48.0 Å². The molecule has 0 spiro atoms. The van der Waals surface area contributed by atoms with Gasteiger partial charge in [-0.05, 0) is 36.8 Å². The number of hydrogen-bond acceptors (Lipinski definition) is 2. The fraction of sp³-hybridized carbons (Fsp3) is 0.211. The molecule has 1 aliphatic heterocycles. The molecule has 0 radical (unpaired) electrons. The fourth-order valence-electron chi connectivity index (χ4n) is 2.72. The van der Waals surface area contributed by atoms with Crippen molar-refractivity contribution in [3.8, 4) is 0 Å². The summed E-state index contributed by atoms with van der Waals surface area (Å²) in [5.41, 5.74) is 4.42. The number of aliphatic imine (C=N–C) groups is 1. The highest BCUT2D eigenvalue weighted by molar-refractivity contribution is 6.42. The van der Waals surface area contributed by atoms with Gasteiger partial charge in [-0.3, -0.25) is 4.99 Å². The molecule has 2 aromatic rings. The Bertz CT molecular complexity index is 772. The number of halogens is 4. The normalized spacial score (nSPS) is 13.4. The lowest BCUT2D eigenvalue weighted by Crippen LogP contribution is -2.25. The number of para-hydroxylation sites is 1. The van der Waals surface area contributed by atoms with Crippen molar-refractivity contribution in [2.45, 2.75) is 6.92 Å². The molecule has 0 aromatic heterocycles. The van der Waals surface area contributed by atoms with Crippen LogP contribution in [0.15, 0.2) is 53.5 Å². The third kappa shape index (κ3) is 5.15. The standard InChI is InChI=1S/C19H18Cl2N2.2ClH/c1-2-23-12-11-22-18(15-5-3-4-6-19(15)23)10-8-14-7-9-16(20)17(21)13-14;;/h3-10,13H,2,11-12H2,1H3;2*1H. The lowest BCUT2D eigenvalue weighted by Gasteiger charge is -2.22. The highest BCUT2D eigenvalue weighted by Crippen LogP contribution is 2.25. The Kier molecular flexibility index (Phi) is 8.81. The summed E-state index contributed by atoms with van der Waals surface area (Å²) in [4.78, 5) is 7.11. The second-order valence-corrected chi connectivity index (χ2v) is 6.19. The molecule has 0 unspecified atom stereocenters. The minimum atomic E-state index is 0. The SMILES string of the molecule is CCN1CCN=C(C=Cc2ccc(Cl)c(Cl)c2)c2ccccc21.Cl.Cl. The Morgan fingerprint density at radius 2 is 1.80 bits per heavy atom. The number of fused-ring (bicyclic) bond motifs is 1. The van der Waals surface area contributed by atoms with E-state index in [1.807, 2.05) is 24.3 Å². The van der Waals surface area contributed by atoms with Gasteiger partial charge in [0.25, 0.3) is 0 Å². The second-order valence-electron chi connectivity index (χ2n) is 5.37. The van der Waals surface area contributed by atoms with E-state index in [-0.39, 0.29) is 24.8 Å². The summed E-state index contributed by atoms with van der Waals surface area (Å²) in [5.74, 6) is 0. The molecule has 1 aliphatic rings. The van der Waals surface area contributed by atoms with Crippen LogP contribution in [0, 0.1) is 0 Å². The zero-order chi connectivity index (χ0) is 16.2. The molecule has 3 rings (SSSR count). The maximum absolute atomic E-state index is 6.08. The Hall–Kier alpha value is -1.19. The van der Waals surface area contributed by atoms with Crippen LogP contribution in [-0.2, 0) is 0 Å². The molecular weight excluding hydrogens is 398 g/mol. The van der Waals surface area contributed by atoms with Gasteiger partial charge in [0, 0.05) is 24.3 Å². The number of rotatable bonds is 3. The number of likely N-dealkylation sites (N-methyl/N-ethyl adjacent to an activating group) is 1. The quantitative estimate of drug-likeness (QED) is 0.582. The van der Waals surface area contributed by atoms with E-state index in [1.54, 1.807) is 0 Å². The van der Waals surface area contributed by atoms with E-state index in [2.05, 4.69) is 42.2 Å². The van der Waals surface area contributed by atoms with Crippen LogP contribution in [0.25, 0.3) is 6.08 Å². The molecule has 2 aromatic carbocycles. The van der Waals surface area contributed by atoms with Crippen LogP contribution in [0.5, 0.6) is 0 Å². The maximum atomic E-state index is 6.08. The first kappa shape index (κ1) is 21.9. The molecule has 0 saturated heterocycles. The number of benzene rings is 2. The number of benzodiazepines with no additional fused rings is 1. The largest absolute Gasteiger partial charge is 0.369 e. The van der Waals surface area contributed by atoms with E-state index in [4.69, 9.17) is 28.2 Å². The van der Waals surface area contributed by atoms with Crippen LogP contribution in [0.1, 0.15) is 18.1 Å². The van der Waals surface area contributed by atoms with Gasteiger partial charge in [-0.1, -0.05) is 53.5 Å². The zero-order valence-electron chi connectivity index (χ0n) is 13.8. The van der Waals surface area contributed by atoms with Gasteiger partial charge in [0.2, 0.25) is 0 Å². The average Bonchev–Trinajstić information content (AvgIpc) is 2.75. The first-order valence-electron chi connectivity index (χ1n) is 7.71. The average molecular weight is 418 g/mol. The van der Waals surface area contributed by atoms with E-state index in [1.165, 1.54) is 11.3 Å². The van der Waals surface area contributed by atoms with Crippen molar-refractivity contribution >= 4 is 65.5 Å². The summed E-state index contributed by atoms with van der Waals surface area (Å²) in [6.45, 7) is 4.89. The minimum Gasteiger partial charge on any atom is -0.369 e. The molecule has 0 fully saturated rings. The summed E-state index contributed by atoms with van der Waals surface area (Å²) in [6.07, 6.45) is 4.08. The van der Waals surface area contributed by atoms with Gasteiger partial charge >= 0.3 is 0 Å². The van der Waals surface area contributed by atoms with Crippen LogP contribution < -0.4 is 4.90 Å². The third-order valence-electron chi connectivity index (χ3n) is 3.93. The summed E-state index contributed by atoms with van der Waals surface area (Å²) >= 11 is 12.0. The summed E-state index contributed by atoms with van der Waals surface area (Å²) in [7, 11) is 0. The Morgan fingerprint density at radius 1 is 1.04 bits per heavy atom. The van der Waals surface area contributed by atoms with Gasteiger partial charge < -0.3 is 4.90 Å². The molecule has 2 nitrogen and oxygen atoms in total. The number of nitrogens with zero attached hydrogens (tertiary/aromatic N) is 2. The van der Waals surface area contributed by atoms with E-state index in [9.17, 15) is 0 Å². The lowest BCUT2D eigenvalue weighted by molar-refractivity contribution is 0.825. The third-order valence-corrected chi connectivity index (χ3v) is 4.67. The molecule has 25 heavy (non-hydrogen) atoms. The maximum Gasteiger partial charge on any atom is 0.0668 e. The summed E-state index contributed by atoms with van der Waals surface area (Å²) in [5, 5.41) is 1.13. The number of hydrogen-bond donors (Lipinski definition) is 0. The lowest BCUT2D eigenvalue weighted by atomic mass is 10.1. The summed E-state index contributed by atoms with van der Waals surface area (Å²) < 4.78 is 0. The van der Waals surface area contributed by atoms with E-state index in [0.717, 1.165) is 30.9 Å². The topological polar surface area (TPSA) is 15.6 Å². The molecule has 6 heteroatoms. The van der Waals surface area contributed by atoms with Crippen molar-refractivity contribution < 1.29 is 0 Å². The van der Waals surface area contributed by atoms with Gasteiger partial charge in [0.1, 0.15) is 0 Å². The molecule has 0 aliphatic carbocycles. The van der Waals surface area contributed by atoms with E-state index in [0.29, 0.717) is 10.0 Å². The van der Waals surface area contributed by atoms with E-state index < -0.39 is 0 Å². The van der Waals surface area contributed by atoms with Gasteiger partial charge in [-0.15, -0.1) is 24.8 Å². The first-order valence-corrected chi connectivity index (χ1v) is 8.46. The number of anilines is 1. The smallest absolute Gasteiger partial charge is 0.0668 e. The van der Waals surface area contributed by atoms with Gasteiger partial charge in [0.05, 0.1) is 22.3 Å². The first-order chi connectivity index (χ1) is 11.2. The second kappa shape index (κ2) is 10.1. The van der Waals surface area contributed by atoms with Gasteiger partial charge in [-0.2, -0.15) is 0 Å². The summed E-state index contributed by atoms with van der Waals surface area (Å²) in [6, 6.07) is 14.0. The Balaban J connectivity index is 0.00000156. The van der Waals surface area contributed by atoms with Crippen LogP contribution in [0.2, 0.25) is 10.0 Å². The fourth-order valence-corrected chi connectivity index (χ4v) is 3.03. The predicted molar refractivity (Wildman–Crippen MR) is 116 cm³/mol. The van der Waals surface area contributed by atoms with Gasteiger partial charge in [-0.25, -0.2) is 0 Å².